The fourth-order valence-electron chi connectivity index (χ4n) is 7.68. The molecular weight excluding hydrogens is 314 g/mol. The van der Waals surface area contributed by atoms with Gasteiger partial charge in [0.1, 0.15) is 0 Å². The van der Waals surface area contributed by atoms with Gasteiger partial charge in [-0.1, -0.05) is 25.8 Å². The van der Waals surface area contributed by atoms with Crippen molar-refractivity contribution in [3.8, 4) is 0 Å². The van der Waals surface area contributed by atoms with Crippen molar-refractivity contribution >= 4 is 5.78 Å². The van der Waals surface area contributed by atoms with Gasteiger partial charge in [0.2, 0.25) is 6.04 Å². The maximum atomic E-state index is 12.1. The van der Waals surface area contributed by atoms with E-state index in [9.17, 15) is 14.9 Å². The third-order valence-corrected chi connectivity index (χ3v) is 9.01. The highest BCUT2D eigenvalue weighted by Crippen LogP contribution is 2.67. The van der Waals surface area contributed by atoms with Crippen molar-refractivity contribution in [2.75, 3.05) is 0 Å². The van der Waals surface area contributed by atoms with Crippen LogP contribution in [0.15, 0.2) is 11.6 Å². The monoisotopic (exact) mass is 345 g/mol. The number of ketones is 1. The molecule has 4 nitrogen and oxygen atoms in total. The highest BCUT2D eigenvalue weighted by Gasteiger charge is 2.63. The summed E-state index contributed by atoms with van der Waals surface area (Å²) < 4.78 is 0. The zero-order valence-electron chi connectivity index (χ0n) is 15.8. The largest absolute Gasteiger partial charge is 0.295 e. The number of nitro groups is 1. The quantitative estimate of drug-likeness (QED) is 0.533. The molecule has 0 saturated heterocycles. The minimum absolute atomic E-state index is 0.0415. The van der Waals surface area contributed by atoms with Gasteiger partial charge in [-0.3, -0.25) is 14.9 Å². The number of nitrogens with zero attached hydrogens (tertiary/aromatic N) is 1. The summed E-state index contributed by atoms with van der Waals surface area (Å²) in [5, 5.41) is 11.8. The molecule has 25 heavy (non-hydrogen) atoms. The predicted molar refractivity (Wildman–Crippen MR) is 96.7 cm³/mol. The van der Waals surface area contributed by atoms with Crippen LogP contribution >= 0.6 is 0 Å². The zero-order chi connectivity index (χ0) is 18.0. The van der Waals surface area contributed by atoms with Crippen LogP contribution < -0.4 is 0 Å². The second-order valence-electron chi connectivity index (χ2n) is 9.57. The molecule has 3 fully saturated rings. The molecule has 1 unspecified atom stereocenters. The Morgan fingerprint density at radius 3 is 2.64 bits per heavy atom. The molecule has 3 saturated carbocycles. The van der Waals surface area contributed by atoms with Gasteiger partial charge in [0.05, 0.1) is 11.8 Å². The van der Waals surface area contributed by atoms with E-state index in [1.54, 1.807) is 6.08 Å². The first-order chi connectivity index (χ1) is 11.8. The molecule has 0 heterocycles. The maximum Gasteiger partial charge on any atom is 0.229 e. The van der Waals surface area contributed by atoms with Gasteiger partial charge in [0.25, 0.3) is 0 Å². The van der Waals surface area contributed by atoms with Gasteiger partial charge in [0, 0.05) is 4.92 Å². The zero-order valence-corrected chi connectivity index (χ0v) is 15.8. The van der Waals surface area contributed by atoms with E-state index in [0.29, 0.717) is 17.3 Å². The van der Waals surface area contributed by atoms with Crippen LogP contribution in [-0.4, -0.2) is 16.7 Å². The molecule has 4 aliphatic rings. The van der Waals surface area contributed by atoms with E-state index < -0.39 is 11.5 Å². The Labute approximate surface area is 150 Å². The lowest BCUT2D eigenvalue weighted by atomic mass is 9.46. The van der Waals surface area contributed by atoms with Crippen molar-refractivity contribution in [1.29, 1.82) is 0 Å². The van der Waals surface area contributed by atoms with Crippen LogP contribution in [0.3, 0.4) is 0 Å². The molecule has 4 heteroatoms. The molecule has 7 atom stereocenters. The third kappa shape index (κ3) is 2.21. The van der Waals surface area contributed by atoms with Crippen LogP contribution in [0, 0.1) is 44.6 Å². The van der Waals surface area contributed by atoms with Gasteiger partial charge in [-0.05, 0) is 80.6 Å². The van der Waals surface area contributed by atoms with Gasteiger partial charge in [0.15, 0.2) is 5.78 Å². The van der Waals surface area contributed by atoms with Gasteiger partial charge in [-0.2, -0.15) is 0 Å². The molecule has 138 valence electrons. The molecule has 4 aliphatic carbocycles. The van der Waals surface area contributed by atoms with Crippen LogP contribution in [0.2, 0.25) is 0 Å². The summed E-state index contributed by atoms with van der Waals surface area (Å²) in [6.45, 7) is 6.94. The molecule has 0 aromatic heterocycles. The smallest absolute Gasteiger partial charge is 0.229 e. The summed E-state index contributed by atoms with van der Waals surface area (Å²) in [6, 6.07) is -0.722. The number of carbonyl (C=O) groups excluding carboxylic acids is 1. The molecular formula is C21H31NO3. The third-order valence-electron chi connectivity index (χ3n) is 9.01. The van der Waals surface area contributed by atoms with Crippen molar-refractivity contribution in [3.63, 3.8) is 0 Å². The minimum atomic E-state index is -0.722. The summed E-state index contributed by atoms with van der Waals surface area (Å²) >= 11 is 0. The van der Waals surface area contributed by atoms with E-state index in [1.165, 1.54) is 25.7 Å². The summed E-state index contributed by atoms with van der Waals surface area (Å²) in [7, 11) is 0. The fraction of sp³-hybridized carbons (Fsp3) is 0.857. The lowest BCUT2D eigenvalue weighted by molar-refractivity contribution is -0.542. The van der Waals surface area contributed by atoms with Crippen LogP contribution in [0.4, 0.5) is 0 Å². The molecule has 4 rings (SSSR count). The first-order valence-electron chi connectivity index (χ1n) is 10.2. The topological polar surface area (TPSA) is 60.2 Å². The van der Waals surface area contributed by atoms with Gasteiger partial charge < -0.3 is 0 Å². The lowest BCUT2D eigenvalue weighted by Crippen LogP contribution is -2.57. The number of rotatable bonds is 2. The molecule has 0 amide bonds. The first kappa shape index (κ1) is 17.2. The summed E-state index contributed by atoms with van der Waals surface area (Å²) in [6.07, 6.45) is 10.1. The molecule has 0 bridgehead atoms. The van der Waals surface area contributed by atoms with Crippen molar-refractivity contribution < 1.29 is 9.72 Å². The first-order valence-corrected chi connectivity index (χ1v) is 10.2. The normalized spacial score (nSPS) is 49.0. The van der Waals surface area contributed by atoms with E-state index in [4.69, 9.17) is 0 Å². The molecule has 0 aromatic rings. The van der Waals surface area contributed by atoms with Crippen LogP contribution in [0.5, 0.6) is 0 Å². The van der Waals surface area contributed by atoms with E-state index in [1.807, 2.05) is 0 Å². The second kappa shape index (κ2) is 5.65. The number of hydrogen-bond donors (Lipinski definition) is 0. The standard InChI is InChI=1S/C21H31NO3/c1-4-13-6-8-17-16-7-5-14-11-15(23)12-19(22(24)25)21(14,3)18(16)9-10-20(13,17)2/h11,13,16-19H,4-10,12H2,1-3H3/t13-,16-,17-,18-,19?,20+,21-/m0/s1. The van der Waals surface area contributed by atoms with Crippen LogP contribution in [0.25, 0.3) is 0 Å². The molecule has 0 N–H and O–H groups in total. The van der Waals surface area contributed by atoms with Gasteiger partial charge >= 0.3 is 0 Å². The minimum Gasteiger partial charge on any atom is -0.295 e. The molecule has 0 aromatic carbocycles. The van der Waals surface area contributed by atoms with E-state index in [-0.39, 0.29) is 17.1 Å². The highest BCUT2D eigenvalue weighted by molar-refractivity contribution is 5.92. The van der Waals surface area contributed by atoms with Crippen molar-refractivity contribution in [2.45, 2.75) is 78.2 Å². The second-order valence-corrected chi connectivity index (χ2v) is 9.57. The van der Waals surface area contributed by atoms with Crippen molar-refractivity contribution in [2.24, 2.45) is 34.5 Å². The molecule has 0 aliphatic heterocycles. The number of hydrogen-bond acceptors (Lipinski definition) is 3. The van der Waals surface area contributed by atoms with Crippen LogP contribution in [0.1, 0.15) is 72.1 Å². The summed E-state index contributed by atoms with van der Waals surface area (Å²) in [4.78, 5) is 23.8. The Morgan fingerprint density at radius 2 is 1.96 bits per heavy atom. The Morgan fingerprint density at radius 1 is 1.20 bits per heavy atom. The van der Waals surface area contributed by atoms with E-state index >= 15 is 0 Å². The molecule has 0 radical (unpaired) electrons. The Kier molecular flexibility index (Phi) is 3.90. The lowest BCUT2D eigenvalue weighted by Gasteiger charge is -2.58. The van der Waals surface area contributed by atoms with E-state index in [2.05, 4.69) is 20.8 Å². The highest BCUT2D eigenvalue weighted by atomic mass is 16.6. The van der Waals surface area contributed by atoms with E-state index in [0.717, 1.165) is 36.7 Å². The maximum absolute atomic E-state index is 12.1. The number of fused-ring (bicyclic) bond motifs is 5. The van der Waals surface area contributed by atoms with Crippen LogP contribution in [-0.2, 0) is 4.79 Å². The fourth-order valence-corrected chi connectivity index (χ4v) is 7.68. The Balaban J connectivity index is 1.73. The number of carbonyl (C=O) groups is 1. The van der Waals surface area contributed by atoms with Gasteiger partial charge in [-0.25, -0.2) is 0 Å². The predicted octanol–water partition coefficient (Wildman–Crippen LogP) is 4.80. The summed E-state index contributed by atoms with van der Waals surface area (Å²) in [5.41, 5.74) is 1.11. The van der Waals surface area contributed by atoms with Crippen molar-refractivity contribution in [3.05, 3.63) is 21.8 Å². The Bertz CT molecular complexity index is 641. The molecule has 0 spiro atoms. The average Bonchev–Trinajstić information content (AvgIpc) is 2.91. The SMILES string of the molecule is CC[C@H]1CC[C@H]2[C@@H]3CCC4=CC(=O)CC([N+](=O)[O-])[C@]4(C)[C@H]3CC[C@]12C. The average molecular weight is 345 g/mol. The van der Waals surface area contributed by atoms with Gasteiger partial charge in [-0.15, -0.1) is 0 Å². The Hall–Kier alpha value is -1.19. The van der Waals surface area contributed by atoms with Crippen molar-refractivity contribution in [1.82, 2.24) is 0 Å². The summed E-state index contributed by atoms with van der Waals surface area (Å²) in [5.74, 6) is 2.49.